The van der Waals surface area contributed by atoms with Crippen molar-refractivity contribution < 1.29 is 42.0 Å². The summed E-state index contributed by atoms with van der Waals surface area (Å²) in [4.78, 5) is 96.8. The number of nitrogens with zero attached hydrogens (tertiary/aromatic N) is 4. The molecule has 18 nitrogen and oxygen atoms in total. The Hall–Kier alpha value is -8.63. The second-order valence-corrected chi connectivity index (χ2v) is 41.2. The number of unbranched alkanes of at least 4 members (excludes halogenated alkanes) is 3. The van der Waals surface area contributed by atoms with Gasteiger partial charge in [0.2, 0.25) is 0 Å². The van der Waals surface area contributed by atoms with Gasteiger partial charge in [0.05, 0.1) is 45.9 Å². The van der Waals surface area contributed by atoms with Gasteiger partial charge in [-0.1, -0.05) is 81.4 Å². The van der Waals surface area contributed by atoms with Crippen LogP contribution >= 0.6 is 0 Å². The van der Waals surface area contributed by atoms with Crippen molar-refractivity contribution in [3.63, 3.8) is 0 Å². The van der Waals surface area contributed by atoms with E-state index in [0.717, 1.165) is 3.58 Å². The summed E-state index contributed by atoms with van der Waals surface area (Å²) in [5.74, 6) is -2.42. The van der Waals surface area contributed by atoms with Crippen molar-refractivity contribution in [2.45, 2.75) is 124 Å². The summed E-state index contributed by atoms with van der Waals surface area (Å²) < 4.78 is 31.0. The number of aliphatic hydroxyl groups excluding tert-OH is 1. The number of aliphatic hydroxyl groups is 1. The molecule has 3 N–H and O–H groups in total. The first kappa shape index (κ1) is 66.8. The van der Waals surface area contributed by atoms with Crippen LogP contribution in [0.25, 0.3) is 44.4 Å². The number of carbonyl (C=O) groups is 4. The Bertz CT molecular complexity index is 4250. The normalized spacial score (nSPS) is 13.6. The number of pyridine rings is 2. The molecule has 4 amide bonds. The van der Waals surface area contributed by atoms with Gasteiger partial charge in [0.15, 0.2) is 0 Å². The summed E-state index contributed by atoms with van der Waals surface area (Å²) in [7, 11) is -2.69. The SMILES string of the molecule is CC(C)(C)[Si](OCCCn1cc(C2=C(c3cccoc3=O)C(=O)NC2=O)c2cccnc21)(c1ccccc1)c1ccccc1.CCC[CH2][Sn]([CH2]CCC)([CH2]CCC)[c]1cccoc1=O.O=C1NC(=O)C(c2cn(CCCO)c3ncccc23)=C1c1cccoc1=O. The fourth-order valence-corrected chi connectivity index (χ4v) is 33.1. The summed E-state index contributed by atoms with van der Waals surface area (Å²) in [5, 5.41) is 17.4. The number of hydrogen-bond acceptors (Lipinski definition) is 14. The van der Waals surface area contributed by atoms with Gasteiger partial charge in [0, 0.05) is 73.0 Å². The molecule has 9 aromatic rings. The van der Waals surface area contributed by atoms with Crippen molar-refractivity contribution in [3.05, 3.63) is 218 Å². The van der Waals surface area contributed by atoms with E-state index in [0.29, 0.717) is 65.7 Å². The molecular weight excluding hydrogens is 1280 g/mol. The minimum Gasteiger partial charge on any atom is -0.431 e. The molecule has 472 valence electrons. The number of nitrogens with one attached hydrogen (secondary N) is 2. The first-order chi connectivity index (χ1) is 44.0. The van der Waals surface area contributed by atoms with Gasteiger partial charge in [-0.3, -0.25) is 29.8 Å². The molecule has 0 radical (unpaired) electrons. The number of imide groups is 2. The summed E-state index contributed by atoms with van der Waals surface area (Å²) in [5.41, 5.74) is 1.20. The van der Waals surface area contributed by atoms with Crippen LogP contribution in [0.5, 0.6) is 0 Å². The molecule has 20 heteroatoms. The van der Waals surface area contributed by atoms with E-state index in [-0.39, 0.29) is 50.7 Å². The Morgan fingerprint density at radius 3 is 1.30 bits per heavy atom. The van der Waals surface area contributed by atoms with Crippen molar-refractivity contribution >= 4 is 109 Å². The fraction of sp³-hybridized carbons (Fsp3) is 0.310. The molecule has 0 bridgehead atoms. The Morgan fingerprint density at radius 1 is 0.495 bits per heavy atom. The van der Waals surface area contributed by atoms with E-state index >= 15 is 0 Å². The van der Waals surface area contributed by atoms with E-state index in [1.165, 1.54) is 105 Å². The molecule has 9 heterocycles. The third-order valence-corrected chi connectivity index (χ3v) is 37.4. The zero-order valence-electron chi connectivity index (χ0n) is 52.4. The quantitative estimate of drug-likeness (QED) is 0.0289. The Balaban J connectivity index is 0.000000178. The maximum Gasteiger partial charge on any atom is 0.343 e. The first-order valence-corrected chi connectivity index (χ1v) is 40.6. The minimum absolute atomic E-state index is 0.00210. The second-order valence-electron chi connectivity index (χ2n) is 23.8. The maximum atomic E-state index is 13.1. The molecule has 7 aromatic heterocycles. The molecule has 0 saturated heterocycles. The number of rotatable bonds is 24. The average Bonchev–Trinajstić information content (AvgIpc) is 1.54. The molecule has 2 aliphatic heterocycles. The van der Waals surface area contributed by atoms with Crippen molar-refractivity contribution in [3.8, 4) is 0 Å². The van der Waals surface area contributed by atoms with Gasteiger partial charge in [0.1, 0.15) is 11.3 Å². The van der Waals surface area contributed by atoms with Crippen molar-refractivity contribution in [1.82, 2.24) is 29.7 Å². The Kier molecular flexibility index (Phi) is 22.3. The molecule has 0 unspecified atom stereocenters. The first-order valence-electron chi connectivity index (χ1n) is 31.2. The topological polar surface area (TPSA) is 248 Å². The van der Waals surface area contributed by atoms with E-state index < -0.39 is 61.6 Å². The van der Waals surface area contributed by atoms with Crippen LogP contribution in [0.1, 0.15) is 115 Å². The van der Waals surface area contributed by atoms with Crippen LogP contribution in [-0.2, 0) is 36.7 Å². The molecule has 2 aliphatic rings. The van der Waals surface area contributed by atoms with Gasteiger partial charge >= 0.3 is 139 Å². The van der Waals surface area contributed by atoms with Crippen molar-refractivity contribution in [1.29, 1.82) is 0 Å². The van der Waals surface area contributed by atoms with Crippen LogP contribution in [0.2, 0.25) is 18.3 Å². The summed E-state index contributed by atoms with van der Waals surface area (Å²) in [6, 6.07) is 38.2. The molecule has 0 atom stereocenters. The molecule has 2 aromatic carbocycles. The van der Waals surface area contributed by atoms with E-state index in [1.807, 2.05) is 39.6 Å². The van der Waals surface area contributed by atoms with Crippen LogP contribution in [0.15, 0.2) is 193 Å². The van der Waals surface area contributed by atoms with Gasteiger partial charge in [-0.25, -0.2) is 19.6 Å². The van der Waals surface area contributed by atoms with Gasteiger partial charge in [-0.05, 0) is 76.8 Å². The third-order valence-electron chi connectivity index (χ3n) is 16.9. The largest absolute Gasteiger partial charge is 0.431 e. The van der Waals surface area contributed by atoms with E-state index in [2.05, 4.69) is 117 Å². The molecule has 0 saturated carbocycles. The molecule has 0 fully saturated rings. The average molecular weight is 1350 g/mol. The van der Waals surface area contributed by atoms with Crippen molar-refractivity contribution in [2.75, 3.05) is 13.2 Å². The zero-order chi connectivity index (χ0) is 64.7. The number of aromatic nitrogens is 4. The molecule has 0 spiro atoms. The molecule has 11 rings (SSSR count). The Morgan fingerprint density at radius 2 is 0.901 bits per heavy atom. The third kappa shape index (κ3) is 14.4. The van der Waals surface area contributed by atoms with Gasteiger partial charge in [-0.15, -0.1) is 0 Å². The van der Waals surface area contributed by atoms with Crippen LogP contribution in [0, 0.1) is 0 Å². The summed E-state index contributed by atoms with van der Waals surface area (Å²) in [6.45, 7) is 15.1. The smallest absolute Gasteiger partial charge is 0.343 e. The maximum absolute atomic E-state index is 13.1. The number of carbonyl (C=O) groups excluding carboxylic acids is 4. The van der Waals surface area contributed by atoms with Crippen molar-refractivity contribution in [2.24, 2.45) is 0 Å². The molecular formula is C71H78N6O12SiSn. The van der Waals surface area contributed by atoms with Gasteiger partial charge < -0.3 is 27.5 Å². The minimum atomic E-state index is -2.69. The second kappa shape index (κ2) is 30.5. The van der Waals surface area contributed by atoms with Crippen LogP contribution in [0.3, 0.4) is 0 Å². The number of hydrogen-bond donors (Lipinski definition) is 3. The number of amides is 4. The van der Waals surface area contributed by atoms with E-state index in [1.54, 1.807) is 36.8 Å². The number of benzene rings is 2. The molecule has 91 heavy (non-hydrogen) atoms. The Labute approximate surface area is 533 Å². The molecule has 0 aliphatic carbocycles. The summed E-state index contributed by atoms with van der Waals surface area (Å²) in [6.07, 6.45) is 19.6. The monoisotopic (exact) mass is 1350 g/mol. The predicted molar refractivity (Wildman–Crippen MR) is 359 cm³/mol. The van der Waals surface area contributed by atoms with Gasteiger partial charge in [-0.2, -0.15) is 0 Å². The predicted octanol–water partition coefficient (Wildman–Crippen LogP) is 10.2. The van der Waals surface area contributed by atoms with E-state index in [9.17, 15) is 33.6 Å². The fourth-order valence-electron chi connectivity index (χ4n) is 12.6. The standard InChI is InChI=1S/C35H33N3O5Si.C19H15N3O5.C5H3O2.3C4H9.Sn/c1-35(2,3)44(24-13-6-4-7-14-24,25-15-8-5-9-16-25)43-22-12-20-38-23-28(26-17-10-19-36-31(26)38)30-29(32(39)37-33(30)40)27-18-11-21-42-34(27)41;23-8-3-7-22-10-13(11-4-1-6-20-16(11)22)15-14(17(24)21-18(15)25)12-5-2-9-27-19(12)26;6-5-3-1-2-4-7-5;3*1-3-4-2;/h4-11,13-19,21,23H,12,20,22H2,1-3H3,(H,37,39,40);1-2,4-6,9-10,23H,3,7-8H2,(H,21,24,25);1-2,4H;3*1,3-4H2,2H3;. The van der Waals surface area contributed by atoms with E-state index in [4.69, 9.17) is 22.8 Å². The van der Waals surface area contributed by atoms with Crippen LogP contribution in [-0.4, -0.2) is 87.7 Å². The number of aryl methyl sites for hydroxylation is 2. The van der Waals surface area contributed by atoms with Crippen LogP contribution < -0.4 is 41.5 Å². The zero-order valence-corrected chi connectivity index (χ0v) is 56.3. The number of fused-ring (bicyclic) bond motifs is 2. The summed E-state index contributed by atoms with van der Waals surface area (Å²) >= 11 is -2.56. The van der Waals surface area contributed by atoms with Gasteiger partial charge in [0.25, 0.3) is 31.9 Å². The van der Waals surface area contributed by atoms with Crippen LogP contribution in [0.4, 0.5) is 0 Å².